The van der Waals surface area contributed by atoms with Gasteiger partial charge in [0.1, 0.15) is 29.1 Å². The lowest BCUT2D eigenvalue weighted by molar-refractivity contribution is -0.141. The molecule has 6 heterocycles. The number of piperidine rings is 1. The largest absolute Gasteiger partial charge is 0.470 e. The van der Waals surface area contributed by atoms with Crippen molar-refractivity contribution in [3.63, 3.8) is 0 Å². The Morgan fingerprint density at radius 2 is 1.86 bits per heavy atom. The fraction of sp³-hybridized carbons (Fsp3) is 0.549. The van der Waals surface area contributed by atoms with Gasteiger partial charge in [-0.25, -0.2) is 15.2 Å². The number of hydrogen-bond donors (Lipinski definition) is 2. The summed E-state index contributed by atoms with van der Waals surface area (Å²) in [5.74, 6) is -1.15. The molecule has 19 heteroatoms. The van der Waals surface area contributed by atoms with Gasteiger partial charge in [-0.15, -0.1) is 11.3 Å². The van der Waals surface area contributed by atoms with Crippen LogP contribution in [-0.2, 0) is 48.0 Å². The first-order chi connectivity index (χ1) is 33.4. The number of carbonyl (C=O) groups is 5. The topological polar surface area (TPSA) is 181 Å². The molecule has 3 aliphatic rings. The number of hydrazine groups is 1. The van der Waals surface area contributed by atoms with E-state index >= 15 is 0 Å². The summed E-state index contributed by atoms with van der Waals surface area (Å²) in [5.41, 5.74) is 8.75. The first-order valence-electron chi connectivity index (χ1n) is 24.5. The maximum absolute atomic E-state index is 14.5. The molecule has 378 valence electrons. The molecule has 3 fully saturated rings. The van der Waals surface area contributed by atoms with Crippen molar-refractivity contribution in [3.8, 4) is 22.5 Å². The van der Waals surface area contributed by atoms with Crippen LogP contribution in [-0.4, -0.2) is 152 Å². The molecule has 3 aromatic heterocycles. The molecule has 7 rings (SSSR count). The highest BCUT2D eigenvalue weighted by atomic mass is 32.1. The summed E-state index contributed by atoms with van der Waals surface area (Å²) in [5, 5.41) is 8.39. The van der Waals surface area contributed by atoms with Crippen molar-refractivity contribution < 1.29 is 38.2 Å². The Hall–Kier alpha value is -5.47. The number of urea groups is 1. The number of pyridine rings is 1. The zero-order valence-electron chi connectivity index (χ0n) is 42.3. The average molecular weight is 998 g/mol. The van der Waals surface area contributed by atoms with E-state index in [1.165, 1.54) is 22.3 Å². The Morgan fingerprint density at radius 1 is 1.10 bits per heavy atom. The molecule has 0 radical (unpaired) electrons. The van der Waals surface area contributed by atoms with Gasteiger partial charge in [-0.2, -0.15) is 0 Å². The van der Waals surface area contributed by atoms with Gasteiger partial charge in [0.2, 0.25) is 11.8 Å². The van der Waals surface area contributed by atoms with E-state index in [9.17, 15) is 24.0 Å². The number of benzene rings is 1. The predicted molar refractivity (Wildman–Crippen MR) is 274 cm³/mol. The monoisotopic (exact) mass is 997 g/mol. The van der Waals surface area contributed by atoms with Gasteiger partial charge in [0.05, 0.1) is 46.9 Å². The van der Waals surface area contributed by atoms with E-state index in [1.807, 2.05) is 32.2 Å². The number of methoxy groups -OCH3 is 1. The van der Waals surface area contributed by atoms with Crippen molar-refractivity contribution >= 4 is 61.8 Å². The fourth-order valence-electron chi connectivity index (χ4n) is 10.1. The van der Waals surface area contributed by atoms with Crippen molar-refractivity contribution in [3.05, 3.63) is 70.8 Å². The number of hydrogen-bond acceptors (Lipinski definition) is 12. The average Bonchev–Trinajstić information content (AvgIpc) is 4.08. The van der Waals surface area contributed by atoms with Gasteiger partial charge < -0.3 is 38.8 Å². The van der Waals surface area contributed by atoms with Crippen LogP contribution in [0.2, 0.25) is 0 Å². The maximum Gasteiger partial charge on any atom is 0.320 e. The number of likely N-dealkylation sites (N-methyl/N-ethyl adjacent to an activating group) is 1. The zero-order chi connectivity index (χ0) is 50.5. The van der Waals surface area contributed by atoms with Gasteiger partial charge in [-0.3, -0.25) is 29.2 Å². The van der Waals surface area contributed by atoms with Crippen LogP contribution >= 0.6 is 11.3 Å². The summed E-state index contributed by atoms with van der Waals surface area (Å²) < 4.78 is 19.8. The van der Waals surface area contributed by atoms with Crippen LogP contribution < -0.4 is 10.7 Å². The molecule has 0 aliphatic carbocycles. The highest BCUT2D eigenvalue weighted by Crippen LogP contribution is 2.42. The number of aryl methyl sites for hydroxylation is 1. The number of nitrogens with one attached hydrogen (secondary N) is 2. The molecule has 3 saturated heterocycles. The highest BCUT2D eigenvalue weighted by molar-refractivity contribution is 7.10. The first kappa shape index (κ1) is 52.4. The van der Waals surface area contributed by atoms with Gasteiger partial charge in [-0.1, -0.05) is 40.3 Å². The minimum absolute atomic E-state index is 0.147. The van der Waals surface area contributed by atoms with Gasteiger partial charge in [0.15, 0.2) is 0 Å². The van der Waals surface area contributed by atoms with Crippen LogP contribution in [0.5, 0.6) is 0 Å². The van der Waals surface area contributed by atoms with Crippen molar-refractivity contribution in [2.24, 2.45) is 11.3 Å². The first-order valence-corrected chi connectivity index (χ1v) is 26.4. The molecule has 5 amide bonds. The van der Waals surface area contributed by atoms with Gasteiger partial charge in [0.25, 0.3) is 11.5 Å². The molecular formula is C51H71N9O8SSi. The Kier molecular flexibility index (Phi) is 16.7. The van der Waals surface area contributed by atoms with Crippen LogP contribution in [0.25, 0.3) is 33.4 Å². The van der Waals surface area contributed by atoms with Crippen LogP contribution in [0.1, 0.15) is 89.6 Å². The summed E-state index contributed by atoms with van der Waals surface area (Å²) in [6.45, 7) is 19.3. The Labute approximate surface area is 418 Å². The number of rotatable bonds is 17. The third-order valence-corrected chi connectivity index (χ3v) is 15.1. The lowest BCUT2D eigenvalue weighted by Gasteiger charge is -2.41. The van der Waals surface area contributed by atoms with Crippen molar-refractivity contribution in [1.82, 2.24) is 45.0 Å². The number of aromatic nitrogens is 3. The molecule has 3 atom stereocenters. The smallest absolute Gasteiger partial charge is 0.320 e. The van der Waals surface area contributed by atoms with E-state index in [0.29, 0.717) is 73.8 Å². The second-order valence-corrected chi connectivity index (χ2v) is 21.8. The fourth-order valence-corrected chi connectivity index (χ4v) is 11.1. The molecule has 3 aliphatic heterocycles. The molecule has 0 bridgehead atoms. The summed E-state index contributed by atoms with van der Waals surface area (Å²) in [6.07, 6.45) is 6.45. The van der Waals surface area contributed by atoms with E-state index in [0.717, 1.165) is 57.5 Å². The third kappa shape index (κ3) is 11.5. The van der Waals surface area contributed by atoms with Crippen molar-refractivity contribution in [2.45, 2.75) is 110 Å². The third-order valence-electron chi connectivity index (χ3n) is 13.9. The molecule has 0 saturated carbocycles. The summed E-state index contributed by atoms with van der Waals surface area (Å²) in [6, 6.07) is 8.30. The number of ether oxygens (including phenoxy) is 3. The molecular weight excluding hydrogens is 927 g/mol. The van der Waals surface area contributed by atoms with E-state index < -0.39 is 29.0 Å². The van der Waals surface area contributed by atoms with Gasteiger partial charge >= 0.3 is 6.03 Å². The molecule has 17 nitrogen and oxygen atoms in total. The van der Waals surface area contributed by atoms with Crippen LogP contribution in [0.4, 0.5) is 9.59 Å². The van der Waals surface area contributed by atoms with E-state index in [2.05, 4.69) is 66.9 Å². The predicted octanol–water partition coefficient (Wildman–Crippen LogP) is 5.69. The lowest BCUT2D eigenvalue weighted by Crippen LogP contribution is -2.61. The molecule has 70 heavy (non-hydrogen) atoms. The normalized spacial score (nSPS) is 17.5. The van der Waals surface area contributed by atoms with Gasteiger partial charge in [-0.05, 0) is 87.8 Å². The quantitative estimate of drug-likeness (QED) is 0.0980. The van der Waals surface area contributed by atoms with Crippen molar-refractivity contribution in [2.75, 3.05) is 60.2 Å². The van der Waals surface area contributed by atoms with Crippen LogP contribution in [0.3, 0.4) is 0 Å². The molecule has 0 unspecified atom stereocenters. The minimum atomic E-state index is -0.960. The summed E-state index contributed by atoms with van der Waals surface area (Å²) >= 11 is 1.43. The molecule has 2 N–H and O–H groups in total. The molecule has 1 spiro atoms. The Bertz CT molecular complexity index is 2570. The lowest BCUT2D eigenvalue weighted by atomic mass is 9.84. The second kappa shape index (κ2) is 22.3. The Morgan fingerprint density at radius 3 is 2.51 bits per heavy atom. The standard InChI is InChI=1S/C51H71N9O8SSi/c1-10-42(61)58-29-51(68-31-58)18-23-57(24-19-51)48(64)56(8)44(32(3)4)46(62)55-38(47(63)60-22-13-12-21-53-60)26-41-54-39(28-69-41)34-16-17-40-36(25-34)37(27-50(6,7)30-67-49(65)70)45(59(40)11-2)35-15-14-20-52-43(35)33(5)66-9/h10,14-17,20,25,28,32-33,38,44,53H,1,11-13,18-19,21-24,26-27,29-31H2,2-9,70H3,(H,55,62)/t33-,38-,44-/m0/s1. The van der Waals surface area contributed by atoms with Crippen LogP contribution in [0, 0.1) is 11.3 Å². The van der Waals surface area contributed by atoms with E-state index in [-0.39, 0.29) is 55.2 Å². The maximum atomic E-state index is 14.5. The SMILES string of the molecule is C=CC(=O)N1COC2(CCN(C(=O)N(C)[C@H](C(=O)N[C@@H](Cc3nc(-c4ccc5c(c4)c(CC(C)(C)COC(=O)[SiH3])c(-c4cccnc4[C@H](C)OC)n5CC)cs3)C(=O)N3CCCCN3)C(C)C)CC2)C1. The van der Waals surface area contributed by atoms with E-state index in [4.69, 9.17) is 24.2 Å². The number of amides is 5. The van der Waals surface area contributed by atoms with Gasteiger partial charge in [0, 0.05) is 92.3 Å². The zero-order valence-corrected chi connectivity index (χ0v) is 45.2. The van der Waals surface area contributed by atoms with Crippen LogP contribution in [0.15, 0.2) is 54.6 Å². The summed E-state index contributed by atoms with van der Waals surface area (Å²) in [7, 11) is 3.64. The highest BCUT2D eigenvalue weighted by Gasteiger charge is 2.45. The number of likely N-dealkylation sites (tertiary alicyclic amines) is 1. The van der Waals surface area contributed by atoms with E-state index in [1.54, 1.807) is 35.2 Å². The molecule has 1 aromatic carbocycles. The van der Waals surface area contributed by atoms with Crippen molar-refractivity contribution in [1.29, 1.82) is 0 Å². The molecule has 4 aromatic rings. The Balaban J connectivity index is 1.16. The number of carbonyl (C=O) groups excluding carboxylic acids is 5. The minimum Gasteiger partial charge on any atom is -0.470 e. The number of thiazole rings is 1. The number of fused-ring (bicyclic) bond motifs is 1. The number of nitrogens with zero attached hydrogens (tertiary/aromatic N) is 7. The second-order valence-electron chi connectivity index (χ2n) is 20.0. The summed E-state index contributed by atoms with van der Waals surface area (Å²) in [4.78, 5) is 82.0.